The molecule has 1 aromatic carbocycles. The molecule has 120 valence electrons. The molecule has 5 heteroatoms. The maximum Gasteiger partial charge on any atom is 0.233 e. The molecular formula is C18H21N3OS. The third-order valence-corrected chi connectivity index (χ3v) is 4.88. The van der Waals surface area contributed by atoms with Gasteiger partial charge in [0.15, 0.2) is 0 Å². The number of pyridine rings is 1. The number of piperazine rings is 1. The Kier molecular flexibility index (Phi) is 5.66. The monoisotopic (exact) mass is 327 g/mol. The molecule has 4 nitrogen and oxygen atoms in total. The standard InChI is InChI=1S/C18H21N3OS/c22-18(15-23-17-8-4-5-9-19-17)21-12-10-20(11-13-21)14-16-6-2-1-3-7-16/h1-9H,10-15H2. The Morgan fingerprint density at radius 2 is 1.74 bits per heavy atom. The number of nitrogens with zero attached hydrogens (tertiary/aromatic N) is 3. The zero-order valence-electron chi connectivity index (χ0n) is 13.1. The van der Waals surface area contributed by atoms with Gasteiger partial charge in [-0.05, 0) is 17.7 Å². The molecule has 0 bridgehead atoms. The van der Waals surface area contributed by atoms with Gasteiger partial charge in [0.2, 0.25) is 5.91 Å². The lowest BCUT2D eigenvalue weighted by Crippen LogP contribution is -2.48. The summed E-state index contributed by atoms with van der Waals surface area (Å²) in [5.74, 6) is 0.676. The van der Waals surface area contributed by atoms with Gasteiger partial charge in [-0.15, -0.1) is 0 Å². The summed E-state index contributed by atoms with van der Waals surface area (Å²) >= 11 is 1.51. The number of hydrogen-bond acceptors (Lipinski definition) is 4. The van der Waals surface area contributed by atoms with Crippen LogP contribution in [0.2, 0.25) is 0 Å². The van der Waals surface area contributed by atoms with E-state index < -0.39 is 0 Å². The lowest BCUT2D eigenvalue weighted by Gasteiger charge is -2.34. The highest BCUT2D eigenvalue weighted by molar-refractivity contribution is 7.99. The largest absolute Gasteiger partial charge is 0.339 e. The molecule has 0 atom stereocenters. The maximum absolute atomic E-state index is 12.3. The van der Waals surface area contributed by atoms with Crippen LogP contribution in [0.1, 0.15) is 5.56 Å². The molecule has 0 radical (unpaired) electrons. The highest BCUT2D eigenvalue weighted by atomic mass is 32.2. The molecule has 2 aromatic rings. The van der Waals surface area contributed by atoms with E-state index in [0.29, 0.717) is 5.75 Å². The van der Waals surface area contributed by atoms with Gasteiger partial charge in [0.1, 0.15) is 0 Å². The van der Waals surface area contributed by atoms with Crippen molar-refractivity contribution in [3.05, 3.63) is 60.3 Å². The second kappa shape index (κ2) is 8.13. The van der Waals surface area contributed by atoms with Gasteiger partial charge in [0.25, 0.3) is 0 Å². The molecule has 0 N–H and O–H groups in total. The molecule has 2 heterocycles. The van der Waals surface area contributed by atoms with E-state index in [1.807, 2.05) is 29.2 Å². The van der Waals surface area contributed by atoms with Gasteiger partial charge in [-0.3, -0.25) is 9.69 Å². The van der Waals surface area contributed by atoms with E-state index in [1.54, 1.807) is 6.20 Å². The molecule has 1 aliphatic heterocycles. The summed E-state index contributed by atoms with van der Waals surface area (Å²) in [5, 5.41) is 0.906. The molecule has 1 fully saturated rings. The summed E-state index contributed by atoms with van der Waals surface area (Å²) in [6, 6.07) is 16.3. The van der Waals surface area contributed by atoms with E-state index in [0.717, 1.165) is 37.7 Å². The molecule has 0 spiro atoms. The Bertz CT molecular complexity index is 613. The number of benzene rings is 1. The first-order valence-electron chi connectivity index (χ1n) is 7.89. The summed E-state index contributed by atoms with van der Waals surface area (Å²) in [7, 11) is 0. The molecule has 1 amide bonds. The average Bonchev–Trinajstić information content (AvgIpc) is 2.62. The Morgan fingerprint density at radius 1 is 1.00 bits per heavy atom. The van der Waals surface area contributed by atoms with Crippen molar-refractivity contribution in [3.8, 4) is 0 Å². The van der Waals surface area contributed by atoms with Gasteiger partial charge in [-0.1, -0.05) is 48.2 Å². The van der Waals surface area contributed by atoms with Crippen LogP contribution >= 0.6 is 11.8 Å². The second-order valence-electron chi connectivity index (χ2n) is 5.60. The van der Waals surface area contributed by atoms with E-state index in [2.05, 4.69) is 34.1 Å². The number of amides is 1. The minimum absolute atomic E-state index is 0.208. The van der Waals surface area contributed by atoms with Crippen LogP contribution < -0.4 is 0 Å². The SMILES string of the molecule is O=C(CSc1ccccn1)N1CCN(Cc2ccccc2)CC1. The zero-order valence-corrected chi connectivity index (χ0v) is 13.9. The highest BCUT2D eigenvalue weighted by Crippen LogP contribution is 2.15. The molecule has 0 unspecified atom stereocenters. The van der Waals surface area contributed by atoms with Crippen molar-refractivity contribution in [2.75, 3.05) is 31.9 Å². The van der Waals surface area contributed by atoms with Crippen LogP contribution in [0.15, 0.2) is 59.8 Å². The molecule has 0 aliphatic carbocycles. The van der Waals surface area contributed by atoms with Crippen molar-refractivity contribution >= 4 is 17.7 Å². The van der Waals surface area contributed by atoms with E-state index >= 15 is 0 Å². The Morgan fingerprint density at radius 3 is 2.43 bits per heavy atom. The third kappa shape index (κ3) is 4.81. The van der Waals surface area contributed by atoms with Crippen LogP contribution in [0, 0.1) is 0 Å². The third-order valence-electron chi connectivity index (χ3n) is 3.96. The van der Waals surface area contributed by atoms with Crippen LogP contribution in [0.3, 0.4) is 0 Å². The van der Waals surface area contributed by atoms with Gasteiger partial charge in [-0.2, -0.15) is 0 Å². The Labute approximate surface area is 141 Å². The van der Waals surface area contributed by atoms with Crippen molar-refractivity contribution in [1.82, 2.24) is 14.8 Å². The van der Waals surface area contributed by atoms with Crippen molar-refractivity contribution < 1.29 is 4.79 Å². The fourth-order valence-corrected chi connectivity index (χ4v) is 3.42. The quantitative estimate of drug-likeness (QED) is 0.791. The first-order valence-corrected chi connectivity index (χ1v) is 8.88. The minimum Gasteiger partial charge on any atom is -0.339 e. The van der Waals surface area contributed by atoms with Crippen molar-refractivity contribution in [3.63, 3.8) is 0 Å². The maximum atomic E-state index is 12.3. The van der Waals surface area contributed by atoms with E-state index in [1.165, 1.54) is 17.3 Å². The smallest absolute Gasteiger partial charge is 0.233 e. The number of carbonyl (C=O) groups excluding carboxylic acids is 1. The number of hydrogen-bond donors (Lipinski definition) is 0. The van der Waals surface area contributed by atoms with Crippen LogP contribution in [0.25, 0.3) is 0 Å². The predicted molar refractivity (Wildman–Crippen MR) is 93.3 cm³/mol. The highest BCUT2D eigenvalue weighted by Gasteiger charge is 2.21. The Hall–Kier alpha value is -1.85. The van der Waals surface area contributed by atoms with Gasteiger partial charge in [-0.25, -0.2) is 4.98 Å². The molecule has 3 rings (SSSR count). The lowest BCUT2D eigenvalue weighted by molar-refractivity contribution is -0.130. The van der Waals surface area contributed by atoms with Crippen molar-refractivity contribution in [1.29, 1.82) is 0 Å². The number of carbonyl (C=O) groups is 1. The van der Waals surface area contributed by atoms with E-state index in [-0.39, 0.29) is 5.91 Å². The molecule has 1 saturated heterocycles. The first-order chi connectivity index (χ1) is 11.3. The summed E-state index contributed by atoms with van der Waals surface area (Å²) in [5.41, 5.74) is 1.33. The van der Waals surface area contributed by atoms with Gasteiger partial charge in [0, 0.05) is 38.9 Å². The number of aromatic nitrogens is 1. The van der Waals surface area contributed by atoms with Gasteiger partial charge >= 0.3 is 0 Å². The normalized spacial score (nSPS) is 15.6. The fourth-order valence-electron chi connectivity index (χ4n) is 2.66. The predicted octanol–water partition coefficient (Wildman–Crippen LogP) is 2.52. The molecule has 23 heavy (non-hydrogen) atoms. The summed E-state index contributed by atoms with van der Waals surface area (Å²) in [4.78, 5) is 20.9. The average molecular weight is 327 g/mol. The molecule has 0 saturated carbocycles. The zero-order chi connectivity index (χ0) is 15.9. The summed E-state index contributed by atoms with van der Waals surface area (Å²) in [6.45, 7) is 4.47. The van der Waals surface area contributed by atoms with E-state index in [4.69, 9.17) is 0 Å². The molecular weight excluding hydrogens is 306 g/mol. The van der Waals surface area contributed by atoms with Crippen molar-refractivity contribution in [2.45, 2.75) is 11.6 Å². The van der Waals surface area contributed by atoms with Gasteiger partial charge < -0.3 is 4.90 Å². The first kappa shape index (κ1) is 16.0. The van der Waals surface area contributed by atoms with Crippen LogP contribution in [-0.2, 0) is 11.3 Å². The topological polar surface area (TPSA) is 36.4 Å². The van der Waals surface area contributed by atoms with E-state index in [9.17, 15) is 4.79 Å². The lowest BCUT2D eigenvalue weighted by atomic mass is 10.2. The second-order valence-corrected chi connectivity index (χ2v) is 6.59. The molecule has 1 aliphatic rings. The van der Waals surface area contributed by atoms with Crippen LogP contribution in [-0.4, -0.2) is 52.6 Å². The molecule has 1 aromatic heterocycles. The number of thioether (sulfide) groups is 1. The summed E-state index contributed by atoms with van der Waals surface area (Å²) in [6.07, 6.45) is 1.76. The minimum atomic E-state index is 0.208. The number of rotatable bonds is 5. The van der Waals surface area contributed by atoms with Crippen LogP contribution in [0.4, 0.5) is 0 Å². The Balaban J connectivity index is 1.42. The van der Waals surface area contributed by atoms with Crippen LogP contribution in [0.5, 0.6) is 0 Å². The fraction of sp³-hybridized carbons (Fsp3) is 0.333. The van der Waals surface area contributed by atoms with Gasteiger partial charge in [0.05, 0.1) is 10.8 Å². The van der Waals surface area contributed by atoms with Crippen molar-refractivity contribution in [2.24, 2.45) is 0 Å². The summed E-state index contributed by atoms with van der Waals surface area (Å²) < 4.78 is 0.